The molecule has 2 unspecified atom stereocenters. The first kappa shape index (κ1) is 12.6. The topological polar surface area (TPSA) is 38.1 Å². The van der Waals surface area contributed by atoms with Gasteiger partial charge in [0.15, 0.2) is 0 Å². The molecule has 5 heteroatoms. The lowest BCUT2D eigenvalue weighted by Gasteiger charge is -2.35. The van der Waals surface area contributed by atoms with Gasteiger partial charge in [-0.2, -0.15) is 5.10 Å². The van der Waals surface area contributed by atoms with E-state index in [0.717, 1.165) is 17.6 Å². The Kier molecular flexibility index (Phi) is 3.56. The normalized spacial score (nSPS) is 25.1. The molecule has 0 saturated carbocycles. The Morgan fingerprint density at radius 2 is 2.00 bits per heavy atom. The van der Waals surface area contributed by atoms with E-state index in [0.29, 0.717) is 17.5 Å². The molecule has 0 spiro atoms. The number of carbonyl (C=O) groups excluding carboxylic acids is 1. The number of hydrogen-bond acceptors (Lipinski definition) is 2. The highest BCUT2D eigenvalue weighted by Crippen LogP contribution is 2.24. The molecule has 1 aliphatic heterocycles. The van der Waals surface area contributed by atoms with Crippen molar-refractivity contribution < 1.29 is 4.79 Å². The average molecular weight is 300 g/mol. The third-order valence-corrected chi connectivity index (χ3v) is 3.83. The van der Waals surface area contributed by atoms with E-state index >= 15 is 0 Å². The standard InChI is InChI=1S/C12H18BrN3O/c1-8-4-9(2)7-16(6-8)12(17)11-10(13)5-14-15(11)3/h5,8-9H,4,6-7H2,1-3H3. The van der Waals surface area contributed by atoms with Crippen molar-refractivity contribution in [1.29, 1.82) is 0 Å². The van der Waals surface area contributed by atoms with E-state index in [1.54, 1.807) is 17.9 Å². The number of aryl methyl sites for hydroxylation is 1. The van der Waals surface area contributed by atoms with Crippen LogP contribution in [0.5, 0.6) is 0 Å². The lowest BCUT2D eigenvalue weighted by Crippen LogP contribution is -2.43. The molecule has 1 amide bonds. The molecule has 94 valence electrons. The number of rotatable bonds is 1. The first-order chi connectivity index (χ1) is 7.99. The van der Waals surface area contributed by atoms with E-state index < -0.39 is 0 Å². The molecule has 0 aliphatic carbocycles. The first-order valence-corrected chi connectivity index (χ1v) is 6.75. The molecule has 2 heterocycles. The van der Waals surface area contributed by atoms with Crippen molar-refractivity contribution in [3.05, 3.63) is 16.4 Å². The second-order valence-electron chi connectivity index (χ2n) is 5.12. The van der Waals surface area contributed by atoms with Crippen LogP contribution in [0.25, 0.3) is 0 Å². The van der Waals surface area contributed by atoms with Crippen molar-refractivity contribution in [3.8, 4) is 0 Å². The third kappa shape index (κ3) is 2.54. The Labute approximate surface area is 110 Å². The number of aromatic nitrogens is 2. The van der Waals surface area contributed by atoms with E-state index in [1.807, 2.05) is 4.90 Å². The number of hydrogen-bond donors (Lipinski definition) is 0. The predicted octanol–water partition coefficient (Wildman–Crippen LogP) is 2.30. The fraction of sp³-hybridized carbons (Fsp3) is 0.667. The van der Waals surface area contributed by atoms with Crippen molar-refractivity contribution in [2.75, 3.05) is 13.1 Å². The quantitative estimate of drug-likeness (QED) is 0.798. The van der Waals surface area contributed by atoms with E-state index in [-0.39, 0.29) is 5.91 Å². The van der Waals surface area contributed by atoms with Gasteiger partial charge in [0.1, 0.15) is 5.69 Å². The first-order valence-electron chi connectivity index (χ1n) is 5.95. The Balaban J connectivity index is 2.20. The summed E-state index contributed by atoms with van der Waals surface area (Å²) in [6.07, 6.45) is 2.88. The van der Waals surface area contributed by atoms with Crippen LogP contribution < -0.4 is 0 Å². The molecule has 2 atom stereocenters. The summed E-state index contributed by atoms with van der Waals surface area (Å²) >= 11 is 3.38. The monoisotopic (exact) mass is 299 g/mol. The molecule has 17 heavy (non-hydrogen) atoms. The maximum absolute atomic E-state index is 12.4. The van der Waals surface area contributed by atoms with Crippen LogP contribution in [-0.2, 0) is 7.05 Å². The maximum Gasteiger partial charge on any atom is 0.273 e. The SMILES string of the molecule is CC1CC(C)CN(C(=O)c2c(Br)cnn2C)C1. The van der Waals surface area contributed by atoms with Gasteiger partial charge in [0.25, 0.3) is 5.91 Å². The molecule has 0 radical (unpaired) electrons. The summed E-state index contributed by atoms with van der Waals surface area (Å²) in [6, 6.07) is 0. The van der Waals surface area contributed by atoms with Gasteiger partial charge in [-0.1, -0.05) is 13.8 Å². The molecule has 1 aromatic rings. The van der Waals surface area contributed by atoms with Gasteiger partial charge in [-0.25, -0.2) is 0 Å². The summed E-state index contributed by atoms with van der Waals surface area (Å²) in [7, 11) is 1.80. The van der Waals surface area contributed by atoms with Gasteiger partial charge in [0, 0.05) is 20.1 Å². The van der Waals surface area contributed by atoms with Crippen LogP contribution in [0.3, 0.4) is 0 Å². The highest BCUT2D eigenvalue weighted by atomic mass is 79.9. The number of nitrogens with zero attached hydrogens (tertiary/aromatic N) is 3. The maximum atomic E-state index is 12.4. The molecule has 0 N–H and O–H groups in total. The molecule has 0 aromatic carbocycles. The van der Waals surface area contributed by atoms with Crippen molar-refractivity contribution >= 4 is 21.8 Å². The summed E-state index contributed by atoms with van der Waals surface area (Å²) in [5.41, 5.74) is 0.645. The van der Waals surface area contributed by atoms with E-state index in [4.69, 9.17) is 0 Å². The molecule has 0 bridgehead atoms. The minimum atomic E-state index is 0.0790. The van der Waals surface area contributed by atoms with Gasteiger partial charge in [-0.05, 0) is 34.2 Å². The van der Waals surface area contributed by atoms with Crippen LogP contribution in [0.1, 0.15) is 30.8 Å². The van der Waals surface area contributed by atoms with E-state index in [2.05, 4.69) is 34.9 Å². The van der Waals surface area contributed by atoms with Crippen molar-refractivity contribution in [3.63, 3.8) is 0 Å². The highest BCUT2D eigenvalue weighted by Gasteiger charge is 2.28. The minimum Gasteiger partial charge on any atom is -0.337 e. The molecule has 1 fully saturated rings. The summed E-state index contributed by atoms with van der Waals surface area (Å²) in [4.78, 5) is 14.4. The summed E-state index contributed by atoms with van der Waals surface area (Å²) in [5.74, 6) is 1.24. The number of halogens is 1. The second-order valence-corrected chi connectivity index (χ2v) is 5.98. The van der Waals surface area contributed by atoms with Gasteiger partial charge in [-0.15, -0.1) is 0 Å². The third-order valence-electron chi connectivity index (χ3n) is 3.25. The minimum absolute atomic E-state index is 0.0790. The molecule has 2 rings (SSSR count). The van der Waals surface area contributed by atoms with Crippen LogP contribution in [0.2, 0.25) is 0 Å². The average Bonchev–Trinajstić information content (AvgIpc) is 2.56. The van der Waals surface area contributed by atoms with Gasteiger partial charge in [0.05, 0.1) is 10.7 Å². The predicted molar refractivity (Wildman–Crippen MR) is 69.8 cm³/mol. The molecule has 1 saturated heterocycles. The molecular weight excluding hydrogens is 282 g/mol. The lowest BCUT2D eigenvalue weighted by atomic mass is 9.92. The zero-order valence-electron chi connectivity index (χ0n) is 10.5. The number of likely N-dealkylation sites (tertiary alicyclic amines) is 1. The fourth-order valence-corrected chi connectivity index (χ4v) is 3.15. The van der Waals surface area contributed by atoms with Gasteiger partial charge < -0.3 is 4.90 Å². The Morgan fingerprint density at radius 3 is 2.47 bits per heavy atom. The van der Waals surface area contributed by atoms with Crippen LogP contribution in [0.4, 0.5) is 0 Å². The Morgan fingerprint density at radius 1 is 1.41 bits per heavy atom. The lowest BCUT2D eigenvalue weighted by molar-refractivity contribution is 0.0611. The van der Waals surface area contributed by atoms with Crippen molar-refractivity contribution in [1.82, 2.24) is 14.7 Å². The van der Waals surface area contributed by atoms with E-state index in [9.17, 15) is 4.79 Å². The van der Waals surface area contributed by atoms with Crippen LogP contribution in [-0.4, -0.2) is 33.7 Å². The smallest absolute Gasteiger partial charge is 0.273 e. The number of piperidine rings is 1. The zero-order chi connectivity index (χ0) is 12.6. The molecule has 4 nitrogen and oxygen atoms in total. The van der Waals surface area contributed by atoms with Crippen LogP contribution >= 0.6 is 15.9 Å². The number of carbonyl (C=O) groups is 1. The molecule has 1 aliphatic rings. The second kappa shape index (κ2) is 4.80. The molecule has 1 aromatic heterocycles. The van der Waals surface area contributed by atoms with Gasteiger partial charge >= 0.3 is 0 Å². The van der Waals surface area contributed by atoms with Crippen LogP contribution in [0, 0.1) is 11.8 Å². The molecular formula is C12H18BrN3O. The van der Waals surface area contributed by atoms with Crippen LogP contribution in [0.15, 0.2) is 10.7 Å². The van der Waals surface area contributed by atoms with Crippen molar-refractivity contribution in [2.24, 2.45) is 18.9 Å². The zero-order valence-corrected chi connectivity index (χ0v) is 12.1. The highest BCUT2D eigenvalue weighted by molar-refractivity contribution is 9.10. The fourth-order valence-electron chi connectivity index (χ4n) is 2.63. The van der Waals surface area contributed by atoms with E-state index in [1.165, 1.54) is 6.42 Å². The van der Waals surface area contributed by atoms with Gasteiger partial charge in [0.2, 0.25) is 0 Å². The van der Waals surface area contributed by atoms with Gasteiger partial charge in [-0.3, -0.25) is 9.48 Å². The summed E-state index contributed by atoms with van der Waals surface area (Å²) < 4.78 is 2.41. The summed E-state index contributed by atoms with van der Waals surface area (Å²) in [6.45, 7) is 6.10. The van der Waals surface area contributed by atoms with Crippen molar-refractivity contribution in [2.45, 2.75) is 20.3 Å². The summed E-state index contributed by atoms with van der Waals surface area (Å²) in [5, 5.41) is 4.09. The Bertz CT molecular complexity index is 400. The Hall–Kier alpha value is -0.840. The number of amides is 1. The largest absolute Gasteiger partial charge is 0.337 e.